The second kappa shape index (κ2) is 16.3. The Kier molecular flexibility index (Phi) is 11.2. The van der Waals surface area contributed by atoms with Gasteiger partial charge in [-0.1, -0.05) is 42.5 Å². The first kappa shape index (κ1) is 33.8. The fourth-order valence-electron chi connectivity index (χ4n) is 6.19. The summed E-state index contributed by atoms with van der Waals surface area (Å²) < 4.78 is 20.4. The Balaban J connectivity index is 1.03. The summed E-state index contributed by atoms with van der Waals surface area (Å²) in [6.07, 6.45) is 8.03. The van der Waals surface area contributed by atoms with Gasteiger partial charge in [-0.2, -0.15) is 0 Å². The van der Waals surface area contributed by atoms with E-state index in [2.05, 4.69) is 55.2 Å². The number of pyridine rings is 1. The van der Waals surface area contributed by atoms with Gasteiger partial charge in [0.05, 0.1) is 23.6 Å². The molecule has 5 N–H and O–H groups in total. The Morgan fingerprint density at radius 3 is 2.31 bits per heavy atom. The maximum atomic E-state index is 14.3. The van der Waals surface area contributed by atoms with Gasteiger partial charge in [0.15, 0.2) is 0 Å². The van der Waals surface area contributed by atoms with Gasteiger partial charge in [-0.3, -0.25) is 9.59 Å². The number of imidazole rings is 1. The lowest BCUT2D eigenvalue weighted by molar-refractivity contribution is 0.0890. The molecule has 1 fully saturated rings. The first-order valence-electron chi connectivity index (χ1n) is 16.8. The van der Waals surface area contributed by atoms with E-state index in [1.807, 2.05) is 30.3 Å². The highest BCUT2D eigenvalue weighted by atomic mass is 19.1. The van der Waals surface area contributed by atoms with Crippen LogP contribution in [0.15, 0.2) is 85.3 Å². The molecule has 0 spiro atoms. The molecule has 2 amide bonds. The second-order valence-corrected chi connectivity index (χ2v) is 12.4. The van der Waals surface area contributed by atoms with Gasteiger partial charge in [0.1, 0.15) is 22.6 Å². The molecule has 3 aromatic carbocycles. The average molecular weight is 665 g/mol. The molecule has 0 bridgehead atoms. The monoisotopic (exact) mass is 664 g/mol. The molecule has 10 nitrogen and oxygen atoms in total. The van der Waals surface area contributed by atoms with Gasteiger partial charge in [-0.05, 0) is 105 Å². The summed E-state index contributed by atoms with van der Waals surface area (Å²) in [5.41, 5.74) is 5.18. The number of nitrogens with one attached hydrogen (secondary N) is 4. The molecule has 0 atom stereocenters. The number of ether oxygens (including phenoxy) is 1. The average Bonchev–Trinajstić information content (AvgIpc) is 3.61. The van der Waals surface area contributed by atoms with Crippen LogP contribution < -0.4 is 20.7 Å². The van der Waals surface area contributed by atoms with E-state index >= 15 is 0 Å². The molecule has 0 unspecified atom stereocenters. The number of carbonyl (C=O) groups is 2. The van der Waals surface area contributed by atoms with Gasteiger partial charge in [0.25, 0.3) is 11.8 Å². The van der Waals surface area contributed by atoms with Gasteiger partial charge in [0.2, 0.25) is 5.88 Å². The van der Waals surface area contributed by atoms with E-state index < -0.39 is 11.7 Å². The highest BCUT2D eigenvalue weighted by molar-refractivity contribution is 6.04. The minimum absolute atomic E-state index is 0.0168. The number of hydrogen-bond donors (Lipinski definition) is 5. The number of fused-ring (bicyclic) bond motifs is 1. The lowest BCUT2D eigenvalue weighted by atomic mass is 9.90. The topological polar surface area (TPSA) is 141 Å². The first-order chi connectivity index (χ1) is 24.0. The van der Waals surface area contributed by atoms with Crippen molar-refractivity contribution in [3.05, 3.63) is 108 Å². The van der Waals surface area contributed by atoms with Crippen LogP contribution in [0.4, 0.5) is 4.39 Å². The Morgan fingerprint density at radius 1 is 0.837 bits per heavy atom. The normalized spacial score (nSPS) is 16.0. The molecule has 0 radical (unpaired) electrons. The van der Waals surface area contributed by atoms with Crippen molar-refractivity contribution in [2.75, 3.05) is 19.7 Å². The Labute approximate surface area is 284 Å². The van der Waals surface area contributed by atoms with E-state index in [0.717, 1.165) is 61.3 Å². The zero-order valence-electron chi connectivity index (χ0n) is 27.3. The number of aromatic nitrogens is 3. The van der Waals surface area contributed by atoms with E-state index in [-0.39, 0.29) is 36.0 Å². The lowest BCUT2D eigenvalue weighted by Gasteiger charge is -2.29. The summed E-state index contributed by atoms with van der Waals surface area (Å²) >= 11 is 0. The third kappa shape index (κ3) is 8.87. The van der Waals surface area contributed by atoms with E-state index in [1.54, 1.807) is 18.5 Å². The molecule has 254 valence electrons. The molecule has 2 heterocycles. The Morgan fingerprint density at radius 2 is 1.55 bits per heavy atom. The van der Waals surface area contributed by atoms with Gasteiger partial charge >= 0.3 is 0 Å². The quantitative estimate of drug-likeness (QED) is 0.0927. The lowest BCUT2D eigenvalue weighted by Crippen LogP contribution is -2.44. The van der Waals surface area contributed by atoms with E-state index in [0.29, 0.717) is 42.5 Å². The second-order valence-electron chi connectivity index (χ2n) is 12.4. The number of H-pyrrole nitrogens is 1. The van der Waals surface area contributed by atoms with Crippen molar-refractivity contribution in [2.45, 2.75) is 57.0 Å². The van der Waals surface area contributed by atoms with Crippen molar-refractivity contribution >= 4 is 22.8 Å². The fourth-order valence-corrected chi connectivity index (χ4v) is 6.19. The highest BCUT2D eigenvalue weighted by Crippen LogP contribution is 2.29. The number of halogens is 1. The largest absolute Gasteiger partial charge is 0.438 e. The van der Waals surface area contributed by atoms with Crippen LogP contribution in [-0.4, -0.2) is 63.7 Å². The van der Waals surface area contributed by atoms with Crippen LogP contribution in [0.1, 0.15) is 64.8 Å². The summed E-state index contributed by atoms with van der Waals surface area (Å²) in [5.74, 6) is -0.771. The van der Waals surface area contributed by atoms with Crippen LogP contribution in [0, 0.1) is 5.82 Å². The molecule has 6 rings (SSSR count). The van der Waals surface area contributed by atoms with E-state index in [1.165, 1.54) is 5.56 Å². The molecule has 5 aromatic rings. The highest BCUT2D eigenvalue weighted by Gasteiger charge is 2.26. The molecule has 49 heavy (non-hydrogen) atoms. The fraction of sp³-hybridized carbons (Fsp3) is 0.316. The van der Waals surface area contributed by atoms with Gasteiger partial charge in [-0.15, -0.1) is 0 Å². The molecule has 1 aliphatic rings. The summed E-state index contributed by atoms with van der Waals surface area (Å²) in [5, 5.41) is 18.3. The zero-order chi connectivity index (χ0) is 34.0. The molecule has 1 aliphatic carbocycles. The summed E-state index contributed by atoms with van der Waals surface area (Å²) in [6, 6.07) is 22.3. The number of para-hydroxylation sites is 1. The van der Waals surface area contributed by atoms with E-state index in [9.17, 15) is 14.0 Å². The van der Waals surface area contributed by atoms with Gasteiger partial charge < -0.3 is 30.8 Å². The van der Waals surface area contributed by atoms with Crippen molar-refractivity contribution in [3.63, 3.8) is 0 Å². The molecule has 0 saturated heterocycles. The molecular weight excluding hydrogens is 623 g/mol. The predicted molar refractivity (Wildman–Crippen MR) is 186 cm³/mol. The van der Waals surface area contributed by atoms with Crippen molar-refractivity contribution in [1.29, 1.82) is 0 Å². The number of rotatable bonds is 14. The third-order valence-electron chi connectivity index (χ3n) is 8.82. The summed E-state index contributed by atoms with van der Waals surface area (Å²) in [7, 11) is 0. The number of aliphatic hydroxyl groups excluding tert-OH is 1. The maximum Gasteiger partial charge on any atom is 0.257 e. The van der Waals surface area contributed by atoms with Crippen LogP contribution >= 0.6 is 0 Å². The van der Waals surface area contributed by atoms with Gasteiger partial charge in [-0.25, -0.2) is 14.4 Å². The standard InChI is InChI=1S/C38H41FN6O4/c39-28-22-33(37(48)45-30-16-14-29(15-17-30)44-36(47)32-8-2-9-34-35(32)43-24-42-34)38(41-23-28)49-31-7-1-6-27(21-31)26-12-10-25(11-13-26)5-3-18-40-19-4-20-46/h1-2,6-13,21-24,29-30,40,46H,3-5,14-20H2,(H,42,43)(H,44,47)(H,45,48)/t29-,30+. The number of aryl methyl sites for hydroxylation is 1. The Bertz CT molecular complexity index is 1870. The molecule has 0 aliphatic heterocycles. The third-order valence-corrected chi connectivity index (χ3v) is 8.82. The van der Waals surface area contributed by atoms with Gasteiger partial charge in [0, 0.05) is 18.7 Å². The van der Waals surface area contributed by atoms with Crippen molar-refractivity contribution < 1.29 is 23.8 Å². The molecular formula is C38H41FN6O4. The van der Waals surface area contributed by atoms with Crippen LogP contribution in [0.25, 0.3) is 22.2 Å². The minimum Gasteiger partial charge on any atom is -0.438 e. The van der Waals surface area contributed by atoms with Crippen LogP contribution in [0.3, 0.4) is 0 Å². The van der Waals surface area contributed by atoms with E-state index in [4.69, 9.17) is 9.84 Å². The molecule has 2 aromatic heterocycles. The number of aromatic amines is 1. The van der Waals surface area contributed by atoms with Crippen molar-refractivity contribution in [2.24, 2.45) is 0 Å². The number of amides is 2. The maximum absolute atomic E-state index is 14.3. The van der Waals surface area contributed by atoms with Crippen molar-refractivity contribution in [3.8, 4) is 22.8 Å². The van der Waals surface area contributed by atoms with Crippen molar-refractivity contribution in [1.82, 2.24) is 30.9 Å². The number of nitrogens with zero attached hydrogens (tertiary/aromatic N) is 2. The predicted octanol–water partition coefficient (Wildman–Crippen LogP) is 5.93. The van der Waals surface area contributed by atoms with Crippen LogP contribution in [-0.2, 0) is 6.42 Å². The summed E-state index contributed by atoms with van der Waals surface area (Å²) in [6.45, 7) is 1.93. The number of aliphatic hydroxyl groups is 1. The van der Waals surface area contributed by atoms with Crippen LogP contribution in [0.2, 0.25) is 0 Å². The smallest absolute Gasteiger partial charge is 0.257 e. The minimum atomic E-state index is -0.634. The molecule has 11 heteroatoms. The molecule has 1 saturated carbocycles. The number of hydrogen-bond acceptors (Lipinski definition) is 7. The number of benzene rings is 3. The first-order valence-corrected chi connectivity index (χ1v) is 16.8. The zero-order valence-corrected chi connectivity index (χ0v) is 27.3. The van der Waals surface area contributed by atoms with Crippen LogP contribution in [0.5, 0.6) is 11.6 Å². The summed E-state index contributed by atoms with van der Waals surface area (Å²) in [4.78, 5) is 37.8. The number of carbonyl (C=O) groups excluding carboxylic acids is 2. The SMILES string of the molecule is O=C(N[C@H]1CC[C@@H](NC(=O)c2cccc3[nH]cnc23)CC1)c1cc(F)cnc1Oc1cccc(-c2ccc(CCCNCCCO)cc2)c1. The Hall–Kier alpha value is -5.13.